The first kappa shape index (κ1) is 17.3. The number of methoxy groups -OCH3 is 1. The Hall–Kier alpha value is -3.79. The Labute approximate surface area is 168 Å². The minimum Gasteiger partial charge on any atom is -0.497 e. The molecule has 144 valence electrons. The van der Waals surface area contributed by atoms with E-state index < -0.39 is 0 Å². The van der Waals surface area contributed by atoms with Crippen molar-refractivity contribution < 1.29 is 4.74 Å². The molecule has 1 unspecified atom stereocenters. The largest absolute Gasteiger partial charge is 0.497 e. The number of rotatable bonds is 3. The summed E-state index contributed by atoms with van der Waals surface area (Å²) < 4.78 is 7.35. The van der Waals surface area contributed by atoms with Gasteiger partial charge in [-0.25, -0.2) is 9.98 Å². The molecule has 0 saturated carbocycles. The van der Waals surface area contributed by atoms with Gasteiger partial charge < -0.3 is 15.4 Å². The summed E-state index contributed by atoms with van der Waals surface area (Å²) in [5, 5.41) is 15.9. The molecule has 1 aliphatic heterocycles. The van der Waals surface area contributed by atoms with Gasteiger partial charge in [0.2, 0.25) is 0 Å². The SMILES string of the molecule is COc1ccc2c(c1)C(NC1=CNCC(n3cnc4cc(C#N)ccc43)=N1)CC2. The zero-order valence-electron chi connectivity index (χ0n) is 16.0. The molecule has 0 amide bonds. The van der Waals surface area contributed by atoms with E-state index in [1.807, 2.05) is 22.9 Å². The van der Waals surface area contributed by atoms with Crippen LogP contribution in [0.25, 0.3) is 11.0 Å². The number of fused-ring (bicyclic) bond motifs is 2. The first-order valence-electron chi connectivity index (χ1n) is 9.57. The smallest absolute Gasteiger partial charge is 0.144 e. The number of imidazole rings is 1. The number of nitrogens with zero attached hydrogens (tertiary/aromatic N) is 4. The summed E-state index contributed by atoms with van der Waals surface area (Å²) in [7, 11) is 1.69. The van der Waals surface area contributed by atoms with Crippen molar-refractivity contribution in [3.8, 4) is 11.8 Å². The Morgan fingerprint density at radius 3 is 3.07 bits per heavy atom. The van der Waals surface area contributed by atoms with Crippen molar-refractivity contribution in [2.75, 3.05) is 13.7 Å². The van der Waals surface area contributed by atoms with Crippen LogP contribution in [0.15, 0.2) is 59.7 Å². The van der Waals surface area contributed by atoms with Gasteiger partial charge in [0.15, 0.2) is 0 Å². The van der Waals surface area contributed by atoms with Gasteiger partial charge in [-0.2, -0.15) is 5.26 Å². The van der Waals surface area contributed by atoms with Gasteiger partial charge in [0.25, 0.3) is 0 Å². The van der Waals surface area contributed by atoms with Gasteiger partial charge in [-0.05, 0) is 54.3 Å². The lowest BCUT2D eigenvalue weighted by Gasteiger charge is -2.21. The van der Waals surface area contributed by atoms with E-state index in [-0.39, 0.29) is 6.04 Å². The molecule has 7 nitrogen and oxygen atoms in total. The first-order chi connectivity index (χ1) is 14.2. The predicted octanol–water partition coefficient (Wildman–Crippen LogP) is 2.84. The fourth-order valence-corrected chi connectivity index (χ4v) is 3.99. The zero-order chi connectivity index (χ0) is 19.8. The second-order valence-corrected chi connectivity index (χ2v) is 7.17. The number of hydrogen-bond acceptors (Lipinski definition) is 6. The Kier molecular flexibility index (Phi) is 4.17. The van der Waals surface area contributed by atoms with Crippen LogP contribution in [0.3, 0.4) is 0 Å². The summed E-state index contributed by atoms with van der Waals surface area (Å²) in [6.07, 6.45) is 5.73. The lowest BCUT2D eigenvalue weighted by atomic mass is 10.1. The summed E-state index contributed by atoms with van der Waals surface area (Å²) >= 11 is 0. The van der Waals surface area contributed by atoms with Crippen LogP contribution in [-0.2, 0) is 6.42 Å². The average Bonchev–Trinajstić information content (AvgIpc) is 3.37. The molecule has 0 saturated heterocycles. The van der Waals surface area contributed by atoms with Crippen LogP contribution in [0, 0.1) is 11.3 Å². The highest BCUT2D eigenvalue weighted by molar-refractivity contribution is 5.95. The molecule has 0 spiro atoms. The third kappa shape index (κ3) is 3.09. The summed E-state index contributed by atoms with van der Waals surface area (Å²) in [5.41, 5.74) is 4.94. The molecule has 2 aromatic carbocycles. The minimum absolute atomic E-state index is 0.203. The number of aryl methyl sites for hydroxylation is 1. The Balaban J connectivity index is 1.42. The van der Waals surface area contributed by atoms with E-state index >= 15 is 0 Å². The van der Waals surface area contributed by atoms with Crippen molar-refractivity contribution in [3.63, 3.8) is 0 Å². The topological polar surface area (TPSA) is 87.3 Å². The van der Waals surface area contributed by atoms with Crippen molar-refractivity contribution in [1.82, 2.24) is 20.2 Å². The summed E-state index contributed by atoms with van der Waals surface area (Å²) in [5.74, 6) is 2.52. The Bertz CT molecular complexity index is 1200. The Morgan fingerprint density at radius 1 is 1.28 bits per heavy atom. The van der Waals surface area contributed by atoms with E-state index in [9.17, 15) is 0 Å². The van der Waals surface area contributed by atoms with E-state index in [0.29, 0.717) is 12.1 Å². The highest BCUT2D eigenvalue weighted by Crippen LogP contribution is 2.34. The van der Waals surface area contributed by atoms with Crippen molar-refractivity contribution in [2.45, 2.75) is 18.9 Å². The zero-order valence-corrected chi connectivity index (χ0v) is 16.0. The Morgan fingerprint density at radius 2 is 2.21 bits per heavy atom. The maximum Gasteiger partial charge on any atom is 0.144 e. The molecule has 2 N–H and O–H groups in total. The van der Waals surface area contributed by atoms with Crippen LogP contribution in [0.5, 0.6) is 5.75 Å². The molecule has 0 fully saturated rings. The monoisotopic (exact) mass is 384 g/mol. The third-order valence-corrected chi connectivity index (χ3v) is 5.46. The van der Waals surface area contributed by atoms with Crippen molar-refractivity contribution >= 4 is 16.9 Å². The van der Waals surface area contributed by atoms with Gasteiger partial charge in [-0.1, -0.05) is 6.07 Å². The maximum atomic E-state index is 9.08. The normalized spacial score (nSPS) is 17.7. The quantitative estimate of drug-likeness (QED) is 0.725. The molecule has 1 aromatic heterocycles. The molecule has 2 aliphatic rings. The molecule has 1 aliphatic carbocycles. The highest BCUT2D eigenvalue weighted by Gasteiger charge is 2.24. The van der Waals surface area contributed by atoms with E-state index in [2.05, 4.69) is 33.8 Å². The number of aromatic nitrogens is 2. The molecule has 29 heavy (non-hydrogen) atoms. The number of hydrogen-bond donors (Lipinski definition) is 2. The minimum atomic E-state index is 0.203. The molecular weight excluding hydrogens is 364 g/mol. The van der Waals surface area contributed by atoms with Gasteiger partial charge in [0, 0.05) is 6.20 Å². The number of benzene rings is 2. The van der Waals surface area contributed by atoms with Gasteiger partial charge in [-0.15, -0.1) is 0 Å². The summed E-state index contributed by atoms with van der Waals surface area (Å²) in [6.45, 7) is 0.603. The molecule has 5 rings (SSSR count). The molecule has 7 heteroatoms. The van der Waals surface area contributed by atoms with Crippen LogP contribution in [-0.4, -0.2) is 29.0 Å². The van der Waals surface area contributed by atoms with Gasteiger partial charge in [-0.3, -0.25) is 4.57 Å². The standard InChI is InChI=1S/C22H20N6O/c1-29-16-5-3-15-4-6-18(17(15)9-16)26-21-11-24-12-22(27-21)28-13-25-19-8-14(10-23)2-7-20(19)28/h2-3,5,7-9,11,13,18,24,26H,4,6,12H2,1H3. The summed E-state index contributed by atoms with van der Waals surface area (Å²) in [4.78, 5) is 9.26. The lowest BCUT2D eigenvalue weighted by Crippen LogP contribution is -2.32. The molecular formula is C22H20N6O. The fourth-order valence-electron chi connectivity index (χ4n) is 3.99. The van der Waals surface area contributed by atoms with Gasteiger partial charge in [0.05, 0.1) is 42.4 Å². The number of nitriles is 1. The second-order valence-electron chi connectivity index (χ2n) is 7.17. The fraction of sp³-hybridized carbons (Fsp3) is 0.227. The van der Waals surface area contributed by atoms with Crippen LogP contribution in [0.1, 0.15) is 29.2 Å². The molecule has 1 atom stereocenters. The van der Waals surface area contributed by atoms with E-state index in [1.165, 1.54) is 11.1 Å². The predicted molar refractivity (Wildman–Crippen MR) is 111 cm³/mol. The molecule has 2 heterocycles. The van der Waals surface area contributed by atoms with Crippen LogP contribution >= 0.6 is 0 Å². The van der Waals surface area contributed by atoms with Crippen molar-refractivity contribution in [3.05, 3.63) is 71.4 Å². The van der Waals surface area contributed by atoms with E-state index in [1.54, 1.807) is 25.6 Å². The molecule has 3 aromatic rings. The lowest BCUT2D eigenvalue weighted by molar-refractivity contribution is 0.413. The van der Waals surface area contributed by atoms with Crippen molar-refractivity contribution in [1.29, 1.82) is 5.26 Å². The van der Waals surface area contributed by atoms with Crippen LogP contribution < -0.4 is 15.4 Å². The van der Waals surface area contributed by atoms with Gasteiger partial charge in [0.1, 0.15) is 23.7 Å². The van der Waals surface area contributed by atoms with Crippen LogP contribution in [0.4, 0.5) is 0 Å². The third-order valence-electron chi connectivity index (χ3n) is 5.46. The molecule has 0 bridgehead atoms. The van der Waals surface area contributed by atoms with Crippen molar-refractivity contribution in [2.24, 2.45) is 4.99 Å². The van der Waals surface area contributed by atoms with E-state index in [4.69, 9.17) is 15.0 Å². The number of aliphatic imine (C=N–C) groups is 1. The van der Waals surface area contributed by atoms with Crippen LogP contribution in [0.2, 0.25) is 0 Å². The number of nitrogens with one attached hydrogen (secondary N) is 2. The highest BCUT2D eigenvalue weighted by atomic mass is 16.5. The summed E-state index contributed by atoms with van der Waals surface area (Å²) in [6, 6.07) is 14.1. The van der Waals surface area contributed by atoms with E-state index in [0.717, 1.165) is 41.3 Å². The average molecular weight is 384 g/mol. The van der Waals surface area contributed by atoms with Gasteiger partial charge >= 0.3 is 0 Å². The maximum absolute atomic E-state index is 9.08. The second kappa shape index (κ2) is 6.99. The first-order valence-corrected chi connectivity index (χ1v) is 9.57. The number of ether oxygens (including phenoxy) is 1. The molecule has 0 radical (unpaired) electrons.